The highest BCUT2D eigenvalue weighted by molar-refractivity contribution is 7.91. The molecule has 0 fully saturated rings. The number of methoxy groups -OCH3 is 1. The quantitative estimate of drug-likeness (QED) is 0.0692. The Morgan fingerprint density at radius 3 is 1.19 bits per heavy atom. The molecule has 0 bridgehead atoms. The van der Waals surface area contributed by atoms with Crippen molar-refractivity contribution in [1.82, 2.24) is 0 Å². The van der Waals surface area contributed by atoms with E-state index in [1.165, 1.54) is 48.5 Å². The summed E-state index contributed by atoms with van der Waals surface area (Å²) >= 11 is 0. The van der Waals surface area contributed by atoms with Crippen LogP contribution in [0.25, 0.3) is 0 Å². The van der Waals surface area contributed by atoms with Crippen molar-refractivity contribution < 1.29 is 60.8 Å². The fraction of sp³-hybridized carbons (Fsp3) is 0.600. The van der Waals surface area contributed by atoms with Crippen molar-refractivity contribution in [1.29, 1.82) is 0 Å². The minimum Gasteiger partial charge on any atom is -0.463 e. The molecule has 2 aromatic rings. The predicted molar refractivity (Wildman–Crippen MR) is 200 cm³/mol. The number of hydrogen-bond acceptors (Lipinski definition) is 13. The number of hydrogen-bond donors (Lipinski definition) is 0. The molecule has 0 aliphatic rings. The Bertz CT molecular complexity index is 1640. The summed E-state index contributed by atoms with van der Waals surface area (Å²) < 4.78 is 64.2. The van der Waals surface area contributed by atoms with E-state index in [1.807, 2.05) is 6.92 Å². The number of carbonyl (C=O) groups is 4. The van der Waals surface area contributed by atoms with Gasteiger partial charge in [0.05, 0.1) is 57.9 Å². The third-order valence-corrected chi connectivity index (χ3v) is 10.2. The Labute approximate surface area is 320 Å². The van der Waals surface area contributed by atoms with Gasteiger partial charge in [-0.05, 0) is 123 Å². The van der Waals surface area contributed by atoms with Crippen LogP contribution in [-0.4, -0.2) is 85.7 Å². The van der Waals surface area contributed by atoms with Crippen molar-refractivity contribution in [2.45, 2.75) is 91.4 Å². The molecule has 0 aliphatic heterocycles. The number of rotatable bonds is 23. The maximum absolute atomic E-state index is 13.4. The van der Waals surface area contributed by atoms with Crippen molar-refractivity contribution in [2.75, 3.05) is 53.4 Å². The van der Waals surface area contributed by atoms with Crippen molar-refractivity contribution in [3.05, 3.63) is 48.5 Å². The zero-order valence-corrected chi connectivity index (χ0v) is 34.2. The molecule has 302 valence electrons. The number of ether oxygens (including phenoxy) is 7. The van der Waals surface area contributed by atoms with E-state index in [0.29, 0.717) is 26.4 Å². The summed E-state index contributed by atoms with van der Waals surface area (Å²) in [5.74, 6) is -1.88. The van der Waals surface area contributed by atoms with Crippen LogP contribution in [0.1, 0.15) is 81.6 Å². The van der Waals surface area contributed by atoms with E-state index < -0.39 is 55.4 Å². The molecule has 0 heterocycles. The fourth-order valence-corrected chi connectivity index (χ4v) is 7.03. The Balaban J connectivity index is 2.00. The predicted octanol–water partition coefficient (Wildman–Crippen LogP) is 6.39. The second kappa shape index (κ2) is 20.2. The summed E-state index contributed by atoms with van der Waals surface area (Å²) in [7, 11) is -2.43. The lowest BCUT2D eigenvalue weighted by atomic mass is 9.75. The Morgan fingerprint density at radius 2 is 0.833 bits per heavy atom. The minimum atomic E-state index is -3.99. The third-order valence-electron chi connectivity index (χ3n) is 8.37. The van der Waals surface area contributed by atoms with Gasteiger partial charge in [-0.15, -0.1) is 0 Å². The zero-order chi connectivity index (χ0) is 40.8. The van der Waals surface area contributed by atoms with Gasteiger partial charge in [0.2, 0.25) is 9.84 Å². The van der Waals surface area contributed by atoms with Crippen LogP contribution in [0, 0.1) is 21.7 Å². The highest BCUT2D eigenvalue weighted by atomic mass is 32.2. The first-order valence-electron chi connectivity index (χ1n) is 18.0. The molecule has 54 heavy (non-hydrogen) atoms. The molecule has 2 aromatic carbocycles. The zero-order valence-electron chi connectivity index (χ0n) is 33.4. The van der Waals surface area contributed by atoms with Crippen molar-refractivity contribution in [3.63, 3.8) is 0 Å². The molecule has 0 aromatic heterocycles. The number of benzene rings is 2. The van der Waals surface area contributed by atoms with Gasteiger partial charge in [-0.3, -0.25) is 19.2 Å². The van der Waals surface area contributed by atoms with Gasteiger partial charge in [0, 0.05) is 13.7 Å². The summed E-state index contributed by atoms with van der Waals surface area (Å²) in [5, 5.41) is 0. The maximum Gasteiger partial charge on any atom is 0.316 e. The van der Waals surface area contributed by atoms with Crippen LogP contribution in [0.4, 0.5) is 0 Å². The van der Waals surface area contributed by atoms with E-state index in [0.717, 1.165) is 6.42 Å². The van der Waals surface area contributed by atoms with Crippen molar-refractivity contribution >= 4 is 33.7 Å². The van der Waals surface area contributed by atoms with E-state index in [2.05, 4.69) is 0 Å². The molecule has 2 rings (SSSR count). The topological polar surface area (TPSA) is 167 Å². The summed E-state index contributed by atoms with van der Waals surface area (Å²) in [6.07, 6.45) is 1.13. The minimum absolute atomic E-state index is 0.0464. The molecular weight excluding hydrogens is 720 g/mol. The van der Waals surface area contributed by atoms with Crippen LogP contribution in [0.5, 0.6) is 11.5 Å². The molecule has 0 amide bonds. The van der Waals surface area contributed by atoms with Crippen molar-refractivity contribution in [3.8, 4) is 11.5 Å². The van der Waals surface area contributed by atoms with E-state index in [-0.39, 0.29) is 54.0 Å². The van der Waals surface area contributed by atoms with Gasteiger partial charge in [0.15, 0.2) is 0 Å². The van der Waals surface area contributed by atoms with Crippen LogP contribution in [0.3, 0.4) is 0 Å². The summed E-state index contributed by atoms with van der Waals surface area (Å²) in [4.78, 5) is 51.6. The van der Waals surface area contributed by atoms with Crippen LogP contribution in [-0.2, 0) is 52.7 Å². The summed E-state index contributed by atoms with van der Waals surface area (Å²) in [6.45, 7) is 17.5. The molecule has 14 heteroatoms. The molecule has 13 nitrogen and oxygen atoms in total. The lowest BCUT2D eigenvalue weighted by Gasteiger charge is -2.31. The smallest absolute Gasteiger partial charge is 0.316 e. The number of carbonyl (C=O) groups excluding carboxylic acids is 4. The monoisotopic (exact) mass is 778 g/mol. The Hall–Kier alpha value is -3.85. The second-order valence-electron chi connectivity index (χ2n) is 15.6. The SMILES string of the molecule is CCCOCCOC(=O)C(C)(C)CC(C)(C)C(=O)Oc1ccc(S(=O)(=O)c2ccc(OC(=O)C(C)(C)CC(C)(C)C(=O)OCCOCCOC)cc2)cc1. The molecular formula is C40H58O13S. The Kier molecular flexibility index (Phi) is 17.3. The van der Waals surface area contributed by atoms with Gasteiger partial charge >= 0.3 is 23.9 Å². The lowest BCUT2D eigenvalue weighted by molar-refractivity contribution is -0.161. The molecule has 0 atom stereocenters. The summed E-state index contributed by atoms with van der Waals surface area (Å²) in [5.41, 5.74) is -4.15. The Morgan fingerprint density at radius 1 is 0.500 bits per heavy atom. The average Bonchev–Trinajstić information content (AvgIpc) is 3.09. The van der Waals surface area contributed by atoms with Crippen LogP contribution < -0.4 is 9.47 Å². The third kappa shape index (κ3) is 14.1. The van der Waals surface area contributed by atoms with Crippen LogP contribution in [0.15, 0.2) is 58.3 Å². The van der Waals surface area contributed by atoms with Gasteiger partial charge in [-0.1, -0.05) is 6.92 Å². The van der Waals surface area contributed by atoms with E-state index in [9.17, 15) is 27.6 Å². The molecule has 0 saturated carbocycles. The van der Waals surface area contributed by atoms with Gasteiger partial charge in [-0.25, -0.2) is 8.42 Å². The number of esters is 4. The molecule has 0 aliphatic carbocycles. The molecule has 0 spiro atoms. The highest BCUT2D eigenvalue weighted by Gasteiger charge is 2.42. The van der Waals surface area contributed by atoms with Gasteiger partial charge in [0.1, 0.15) is 24.7 Å². The average molecular weight is 779 g/mol. The van der Waals surface area contributed by atoms with E-state index >= 15 is 0 Å². The van der Waals surface area contributed by atoms with Gasteiger partial charge < -0.3 is 33.2 Å². The summed E-state index contributed by atoms with van der Waals surface area (Å²) in [6, 6.07) is 10.8. The van der Waals surface area contributed by atoms with Crippen molar-refractivity contribution in [2.24, 2.45) is 21.7 Å². The lowest BCUT2D eigenvalue weighted by Crippen LogP contribution is -2.38. The largest absolute Gasteiger partial charge is 0.463 e. The normalized spacial score (nSPS) is 12.6. The van der Waals surface area contributed by atoms with E-state index in [1.54, 1.807) is 62.5 Å². The standard InChI is InChI=1S/C40H58O13S/c1-11-20-48-23-25-50-33(41)37(2,3)27-39(6,7)35(43)52-29-12-16-31(17-13-29)54(45,46)32-18-14-30(15-19-32)53-36(44)40(8,9)28-38(4,5)34(42)51-26-24-49-22-21-47-10/h12-19H,11,20-28H2,1-10H3. The molecule has 0 radical (unpaired) electrons. The second-order valence-corrected chi connectivity index (χ2v) is 17.6. The van der Waals surface area contributed by atoms with E-state index in [4.69, 9.17) is 33.2 Å². The first-order chi connectivity index (χ1) is 25.1. The molecule has 0 unspecified atom stereocenters. The van der Waals surface area contributed by atoms with Gasteiger partial charge in [-0.2, -0.15) is 0 Å². The maximum atomic E-state index is 13.4. The number of sulfone groups is 1. The first kappa shape index (κ1) is 46.3. The first-order valence-corrected chi connectivity index (χ1v) is 19.5. The van der Waals surface area contributed by atoms with Crippen LogP contribution >= 0.6 is 0 Å². The van der Waals surface area contributed by atoms with Gasteiger partial charge in [0.25, 0.3) is 0 Å². The fourth-order valence-electron chi connectivity index (χ4n) is 5.77. The molecule has 0 N–H and O–H groups in total. The van der Waals surface area contributed by atoms with Crippen LogP contribution in [0.2, 0.25) is 0 Å². The molecule has 0 saturated heterocycles. The highest BCUT2D eigenvalue weighted by Crippen LogP contribution is 2.38.